The minimum absolute atomic E-state index is 0.130. The van der Waals surface area contributed by atoms with Crippen molar-refractivity contribution >= 4 is 0 Å². The van der Waals surface area contributed by atoms with Crippen molar-refractivity contribution in [3.63, 3.8) is 0 Å². The van der Waals surface area contributed by atoms with Gasteiger partial charge in [0.05, 0.1) is 5.60 Å². The minimum Gasteiger partial charge on any atom is -0.389 e. The first-order valence-electron chi connectivity index (χ1n) is 5.65. The predicted octanol–water partition coefficient (Wildman–Crippen LogP) is 2.74. The smallest absolute Gasteiger partial charge is 0.194 e. The van der Waals surface area contributed by atoms with E-state index in [1.165, 1.54) is 0 Å². The maximum Gasteiger partial charge on any atom is 0.194 e. The second kappa shape index (κ2) is 4.90. The Hall–Kier alpha value is -1.07. The van der Waals surface area contributed by atoms with Gasteiger partial charge in [-0.2, -0.15) is 0 Å². The van der Waals surface area contributed by atoms with Crippen LogP contribution in [0.5, 0.6) is 0 Å². The lowest BCUT2D eigenvalue weighted by Crippen LogP contribution is -2.55. The highest BCUT2D eigenvalue weighted by Gasteiger charge is 2.34. The summed E-state index contributed by atoms with van der Waals surface area (Å²) in [6, 6.07) is 1.87. The molecule has 18 heavy (non-hydrogen) atoms. The Labute approximate surface area is 105 Å². The van der Waals surface area contributed by atoms with Crippen LogP contribution in [0.3, 0.4) is 0 Å². The number of rotatable bonds is 4. The van der Waals surface area contributed by atoms with E-state index >= 15 is 0 Å². The number of nitrogens with one attached hydrogen (secondary N) is 1. The first-order chi connectivity index (χ1) is 8.04. The summed E-state index contributed by atoms with van der Waals surface area (Å²) in [7, 11) is 0. The molecule has 2 nitrogen and oxygen atoms in total. The van der Waals surface area contributed by atoms with Gasteiger partial charge in [-0.1, -0.05) is 0 Å². The lowest BCUT2D eigenvalue weighted by molar-refractivity contribution is -0.00533. The van der Waals surface area contributed by atoms with Gasteiger partial charge in [0.2, 0.25) is 0 Å². The van der Waals surface area contributed by atoms with Crippen molar-refractivity contribution in [1.82, 2.24) is 5.32 Å². The van der Waals surface area contributed by atoms with E-state index in [0.717, 1.165) is 12.1 Å². The van der Waals surface area contributed by atoms with E-state index in [1.807, 2.05) is 0 Å². The maximum atomic E-state index is 13.0. The van der Waals surface area contributed by atoms with E-state index in [0.29, 0.717) is 0 Å². The van der Waals surface area contributed by atoms with E-state index in [-0.39, 0.29) is 12.1 Å². The summed E-state index contributed by atoms with van der Waals surface area (Å²) in [5.74, 6) is -3.90. The van der Waals surface area contributed by atoms with E-state index in [9.17, 15) is 18.3 Å². The molecule has 0 amide bonds. The summed E-state index contributed by atoms with van der Waals surface area (Å²) in [6.45, 7) is 6.93. The number of halogens is 3. The SMILES string of the molecule is CC(C)(O)C(C)(C)NCc1cc(F)c(F)c(F)c1. The van der Waals surface area contributed by atoms with Gasteiger partial charge in [0, 0.05) is 12.1 Å². The summed E-state index contributed by atoms with van der Waals surface area (Å²) < 4.78 is 38.8. The maximum absolute atomic E-state index is 13.0. The second-order valence-corrected chi connectivity index (χ2v) is 5.41. The van der Waals surface area contributed by atoms with Gasteiger partial charge < -0.3 is 10.4 Å². The van der Waals surface area contributed by atoms with Crippen molar-refractivity contribution in [3.05, 3.63) is 35.1 Å². The molecule has 1 rings (SSSR count). The summed E-state index contributed by atoms with van der Waals surface area (Å²) in [5, 5.41) is 12.9. The largest absolute Gasteiger partial charge is 0.389 e. The molecule has 5 heteroatoms. The third kappa shape index (κ3) is 3.23. The molecule has 0 atom stereocenters. The Kier molecular flexibility index (Phi) is 4.08. The molecule has 0 aliphatic heterocycles. The van der Waals surface area contributed by atoms with E-state index in [4.69, 9.17) is 0 Å². The van der Waals surface area contributed by atoms with Gasteiger partial charge in [0.1, 0.15) is 0 Å². The molecule has 2 N–H and O–H groups in total. The Morgan fingerprint density at radius 1 is 1.06 bits per heavy atom. The number of hydrogen-bond acceptors (Lipinski definition) is 2. The molecule has 102 valence electrons. The Morgan fingerprint density at radius 2 is 1.50 bits per heavy atom. The number of aliphatic hydroxyl groups is 1. The normalized spacial score (nSPS) is 12.9. The van der Waals surface area contributed by atoms with Gasteiger partial charge >= 0.3 is 0 Å². The first kappa shape index (κ1) is 15.0. The zero-order valence-corrected chi connectivity index (χ0v) is 10.9. The molecule has 0 heterocycles. The van der Waals surface area contributed by atoms with Crippen LogP contribution >= 0.6 is 0 Å². The Morgan fingerprint density at radius 3 is 1.89 bits per heavy atom. The molecule has 1 aromatic rings. The van der Waals surface area contributed by atoms with Gasteiger partial charge in [-0.05, 0) is 45.4 Å². The molecule has 1 aromatic carbocycles. The van der Waals surface area contributed by atoms with Gasteiger partial charge in [-0.25, -0.2) is 13.2 Å². The summed E-state index contributed by atoms with van der Waals surface area (Å²) in [4.78, 5) is 0. The monoisotopic (exact) mass is 261 g/mol. The van der Waals surface area contributed by atoms with Crippen LogP contribution in [0.15, 0.2) is 12.1 Å². The standard InChI is InChI=1S/C13H18F3NO/c1-12(2,13(3,4)18)17-7-8-5-9(14)11(16)10(15)6-8/h5-6,17-18H,7H2,1-4H3. The summed E-state index contributed by atoms with van der Waals surface area (Å²) in [6.07, 6.45) is 0. The molecular formula is C13H18F3NO. The van der Waals surface area contributed by atoms with Crippen LogP contribution in [-0.4, -0.2) is 16.2 Å². The molecule has 0 bridgehead atoms. The predicted molar refractivity (Wildman–Crippen MR) is 63.5 cm³/mol. The van der Waals surface area contributed by atoms with Crippen molar-refractivity contribution in [2.45, 2.75) is 45.4 Å². The zero-order valence-electron chi connectivity index (χ0n) is 10.9. The van der Waals surface area contributed by atoms with Crippen LogP contribution in [0.1, 0.15) is 33.3 Å². The number of hydrogen-bond donors (Lipinski definition) is 2. The topological polar surface area (TPSA) is 32.3 Å². The average molecular weight is 261 g/mol. The zero-order chi connectivity index (χ0) is 14.1. The van der Waals surface area contributed by atoms with Crippen LogP contribution in [-0.2, 0) is 6.54 Å². The first-order valence-corrected chi connectivity index (χ1v) is 5.65. The van der Waals surface area contributed by atoms with Crippen molar-refractivity contribution in [2.75, 3.05) is 0 Å². The van der Waals surface area contributed by atoms with Crippen LogP contribution in [0, 0.1) is 17.5 Å². The molecule has 0 radical (unpaired) electrons. The fraction of sp³-hybridized carbons (Fsp3) is 0.538. The van der Waals surface area contributed by atoms with Gasteiger partial charge in [-0.3, -0.25) is 0 Å². The molecule has 0 aliphatic carbocycles. The lowest BCUT2D eigenvalue weighted by atomic mass is 9.86. The van der Waals surface area contributed by atoms with Gasteiger partial charge in [0.15, 0.2) is 17.5 Å². The highest BCUT2D eigenvalue weighted by molar-refractivity contribution is 5.19. The molecule has 0 aromatic heterocycles. The average Bonchev–Trinajstić information content (AvgIpc) is 2.21. The van der Waals surface area contributed by atoms with Crippen LogP contribution < -0.4 is 5.32 Å². The summed E-state index contributed by atoms with van der Waals surface area (Å²) >= 11 is 0. The highest BCUT2D eigenvalue weighted by atomic mass is 19.2. The van der Waals surface area contributed by atoms with Crippen molar-refractivity contribution in [3.8, 4) is 0 Å². The molecule has 0 unspecified atom stereocenters. The Bertz CT molecular complexity index is 415. The minimum atomic E-state index is -1.47. The second-order valence-electron chi connectivity index (χ2n) is 5.41. The van der Waals surface area contributed by atoms with Crippen molar-refractivity contribution in [1.29, 1.82) is 0 Å². The van der Waals surface area contributed by atoms with Crippen molar-refractivity contribution in [2.24, 2.45) is 0 Å². The van der Waals surface area contributed by atoms with Crippen molar-refractivity contribution < 1.29 is 18.3 Å². The lowest BCUT2D eigenvalue weighted by Gasteiger charge is -2.38. The fourth-order valence-electron chi connectivity index (χ4n) is 1.25. The third-order valence-electron chi connectivity index (χ3n) is 3.31. The molecular weight excluding hydrogens is 243 g/mol. The quantitative estimate of drug-likeness (QED) is 0.817. The third-order valence-corrected chi connectivity index (χ3v) is 3.31. The summed E-state index contributed by atoms with van der Waals surface area (Å²) in [5.41, 5.74) is -1.39. The molecule has 0 saturated carbocycles. The highest BCUT2D eigenvalue weighted by Crippen LogP contribution is 2.21. The van der Waals surface area contributed by atoms with E-state index < -0.39 is 28.6 Å². The van der Waals surface area contributed by atoms with E-state index in [2.05, 4.69) is 5.32 Å². The Balaban J connectivity index is 2.82. The van der Waals surface area contributed by atoms with E-state index in [1.54, 1.807) is 27.7 Å². The number of benzene rings is 1. The molecule has 0 saturated heterocycles. The fourth-order valence-corrected chi connectivity index (χ4v) is 1.25. The molecule has 0 aliphatic rings. The van der Waals surface area contributed by atoms with Gasteiger partial charge in [0.25, 0.3) is 0 Å². The van der Waals surface area contributed by atoms with Crippen LogP contribution in [0.4, 0.5) is 13.2 Å². The van der Waals surface area contributed by atoms with Crippen LogP contribution in [0.2, 0.25) is 0 Å². The molecule has 0 fully saturated rings. The van der Waals surface area contributed by atoms with Crippen LogP contribution in [0.25, 0.3) is 0 Å². The van der Waals surface area contributed by atoms with Gasteiger partial charge in [-0.15, -0.1) is 0 Å². The molecule has 0 spiro atoms.